The molecule has 0 aromatic carbocycles. The van der Waals surface area contributed by atoms with E-state index in [4.69, 9.17) is 4.74 Å². The minimum absolute atomic E-state index is 0.0498. The molecular weight excluding hydrogens is 214 g/mol. The van der Waals surface area contributed by atoms with E-state index in [1.807, 2.05) is 0 Å². The summed E-state index contributed by atoms with van der Waals surface area (Å²) in [5, 5.41) is 13.2. The highest BCUT2D eigenvalue weighted by Gasteiger charge is 2.48. The highest BCUT2D eigenvalue weighted by atomic mass is 16.5. The average molecular weight is 243 g/mol. The number of hydrogen-bond donors (Lipinski definition) is 2. The van der Waals surface area contributed by atoms with E-state index in [1.54, 1.807) is 7.11 Å². The van der Waals surface area contributed by atoms with E-state index in [0.717, 1.165) is 25.8 Å². The molecule has 0 aliphatic heterocycles. The van der Waals surface area contributed by atoms with Gasteiger partial charge in [0.15, 0.2) is 0 Å². The molecule has 0 aromatic rings. The van der Waals surface area contributed by atoms with Crippen LogP contribution in [0.15, 0.2) is 0 Å². The summed E-state index contributed by atoms with van der Waals surface area (Å²) in [6.45, 7) is 9.99. The summed E-state index contributed by atoms with van der Waals surface area (Å²) in [5.74, 6) is 0. The molecule has 2 atom stereocenters. The van der Waals surface area contributed by atoms with Crippen molar-refractivity contribution >= 4 is 0 Å². The summed E-state index contributed by atoms with van der Waals surface area (Å²) in [5.41, 5.74) is 0.256. The van der Waals surface area contributed by atoms with Crippen molar-refractivity contribution in [1.82, 2.24) is 5.32 Å². The van der Waals surface area contributed by atoms with Crippen molar-refractivity contribution in [2.75, 3.05) is 20.3 Å². The zero-order valence-corrected chi connectivity index (χ0v) is 12.0. The van der Waals surface area contributed by atoms with Crippen LogP contribution < -0.4 is 5.32 Å². The number of methoxy groups -OCH3 is 1. The third kappa shape index (κ3) is 2.83. The molecule has 3 nitrogen and oxygen atoms in total. The molecule has 3 heteroatoms. The minimum atomic E-state index is 0.0498. The Morgan fingerprint density at radius 3 is 2.29 bits per heavy atom. The average Bonchev–Trinajstić information content (AvgIpc) is 2.34. The number of aliphatic hydroxyl groups is 1. The summed E-state index contributed by atoms with van der Waals surface area (Å²) in [6.07, 6.45) is 3.49. The molecule has 1 rings (SSSR count). The van der Waals surface area contributed by atoms with Gasteiger partial charge in [-0.05, 0) is 19.3 Å². The fourth-order valence-electron chi connectivity index (χ4n) is 2.75. The number of nitrogens with one attached hydrogen (secondary N) is 1. The molecule has 0 spiro atoms. The predicted molar refractivity (Wildman–Crippen MR) is 71.1 cm³/mol. The van der Waals surface area contributed by atoms with Gasteiger partial charge in [-0.2, -0.15) is 0 Å². The second kappa shape index (κ2) is 5.68. The van der Waals surface area contributed by atoms with E-state index in [2.05, 4.69) is 33.0 Å². The lowest BCUT2D eigenvalue weighted by Crippen LogP contribution is -2.62. The lowest BCUT2D eigenvalue weighted by molar-refractivity contribution is -0.100. The molecule has 0 saturated heterocycles. The summed E-state index contributed by atoms with van der Waals surface area (Å²) in [7, 11) is 1.79. The molecule has 2 unspecified atom stereocenters. The van der Waals surface area contributed by atoms with Gasteiger partial charge >= 0.3 is 0 Å². The third-order valence-electron chi connectivity index (χ3n) is 5.02. The molecule has 0 bridgehead atoms. The van der Waals surface area contributed by atoms with Crippen LogP contribution >= 0.6 is 0 Å². The maximum atomic E-state index is 9.54. The van der Waals surface area contributed by atoms with Gasteiger partial charge in [0.05, 0.1) is 6.10 Å². The van der Waals surface area contributed by atoms with Gasteiger partial charge in [-0.15, -0.1) is 0 Å². The SMILES string of the molecule is CCC(CC)(CO)CNC1CC(OC)C1(C)C. The van der Waals surface area contributed by atoms with E-state index >= 15 is 0 Å². The molecule has 0 radical (unpaired) electrons. The fraction of sp³-hybridized carbons (Fsp3) is 1.00. The van der Waals surface area contributed by atoms with Crippen LogP contribution in [0.25, 0.3) is 0 Å². The van der Waals surface area contributed by atoms with Crippen LogP contribution in [0.1, 0.15) is 47.0 Å². The molecule has 17 heavy (non-hydrogen) atoms. The smallest absolute Gasteiger partial charge is 0.0652 e. The van der Waals surface area contributed by atoms with Gasteiger partial charge in [-0.25, -0.2) is 0 Å². The van der Waals surface area contributed by atoms with Gasteiger partial charge in [-0.1, -0.05) is 27.7 Å². The van der Waals surface area contributed by atoms with Gasteiger partial charge in [0, 0.05) is 37.1 Å². The molecule has 0 aromatic heterocycles. The highest BCUT2D eigenvalue weighted by molar-refractivity contribution is 5.03. The zero-order chi connectivity index (χ0) is 13.1. The van der Waals surface area contributed by atoms with Crippen LogP contribution in [0, 0.1) is 10.8 Å². The van der Waals surface area contributed by atoms with Crippen molar-refractivity contribution in [3.05, 3.63) is 0 Å². The van der Waals surface area contributed by atoms with E-state index < -0.39 is 0 Å². The molecular formula is C14H29NO2. The fourth-order valence-corrected chi connectivity index (χ4v) is 2.75. The first-order valence-corrected chi connectivity index (χ1v) is 6.82. The summed E-state index contributed by atoms with van der Waals surface area (Å²) in [4.78, 5) is 0. The molecule has 1 aliphatic carbocycles. The van der Waals surface area contributed by atoms with Gasteiger partial charge in [0.1, 0.15) is 0 Å². The quantitative estimate of drug-likeness (QED) is 0.720. The van der Waals surface area contributed by atoms with Crippen molar-refractivity contribution in [3.63, 3.8) is 0 Å². The highest BCUT2D eigenvalue weighted by Crippen LogP contribution is 2.42. The van der Waals surface area contributed by atoms with Gasteiger partial charge in [0.2, 0.25) is 0 Å². The normalized spacial score (nSPS) is 27.9. The van der Waals surface area contributed by atoms with Crippen LogP contribution in [0.2, 0.25) is 0 Å². The number of aliphatic hydroxyl groups excluding tert-OH is 1. The second-order valence-corrected chi connectivity index (χ2v) is 6.08. The Bertz CT molecular complexity index is 228. The minimum Gasteiger partial charge on any atom is -0.396 e. The summed E-state index contributed by atoms with van der Waals surface area (Å²) in [6, 6.07) is 0.511. The van der Waals surface area contributed by atoms with Crippen LogP contribution in [-0.2, 0) is 4.74 Å². The molecule has 0 heterocycles. The van der Waals surface area contributed by atoms with E-state index in [1.165, 1.54) is 0 Å². The van der Waals surface area contributed by atoms with Crippen LogP contribution in [0.5, 0.6) is 0 Å². The van der Waals surface area contributed by atoms with E-state index in [0.29, 0.717) is 12.1 Å². The van der Waals surface area contributed by atoms with Crippen LogP contribution in [0.4, 0.5) is 0 Å². The van der Waals surface area contributed by atoms with Gasteiger partial charge in [-0.3, -0.25) is 0 Å². The molecule has 2 N–H and O–H groups in total. The number of ether oxygens (including phenoxy) is 1. The molecule has 0 amide bonds. The zero-order valence-electron chi connectivity index (χ0n) is 12.0. The lowest BCUT2D eigenvalue weighted by Gasteiger charge is -2.52. The maximum Gasteiger partial charge on any atom is 0.0652 e. The molecule has 1 aliphatic rings. The van der Waals surface area contributed by atoms with Crippen molar-refractivity contribution in [3.8, 4) is 0 Å². The van der Waals surface area contributed by atoms with E-state index in [9.17, 15) is 5.11 Å². The first-order valence-electron chi connectivity index (χ1n) is 6.82. The van der Waals surface area contributed by atoms with Gasteiger partial charge < -0.3 is 15.2 Å². The summed E-state index contributed by atoms with van der Waals surface area (Å²) >= 11 is 0. The Hall–Kier alpha value is -0.120. The van der Waals surface area contributed by atoms with E-state index in [-0.39, 0.29) is 17.4 Å². The molecule has 1 fully saturated rings. The number of hydrogen-bond acceptors (Lipinski definition) is 3. The van der Waals surface area contributed by atoms with Gasteiger partial charge in [0.25, 0.3) is 0 Å². The number of rotatable bonds is 7. The molecule has 102 valence electrons. The molecule has 1 saturated carbocycles. The standard InChI is InChI=1S/C14H29NO2/c1-6-14(7-2,10-16)9-15-11-8-12(17-5)13(11,3)4/h11-12,15-16H,6-10H2,1-5H3. The van der Waals surface area contributed by atoms with Crippen LogP contribution in [0.3, 0.4) is 0 Å². The first kappa shape index (κ1) is 14.9. The first-order chi connectivity index (χ1) is 7.95. The third-order valence-corrected chi connectivity index (χ3v) is 5.02. The Labute approximate surface area is 106 Å². The Morgan fingerprint density at radius 2 is 1.94 bits per heavy atom. The van der Waals surface area contributed by atoms with Crippen LogP contribution in [-0.4, -0.2) is 37.5 Å². The van der Waals surface area contributed by atoms with Crippen molar-refractivity contribution in [1.29, 1.82) is 0 Å². The van der Waals surface area contributed by atoms with Crippen molar-refractivity contribution in [2.45, 2.75) is 59.1 Å². The second-order valence-electron chi connectivity index (χ2n) is 6.08. The summed E-state index contributed by atoms with van der Waals surface area (Å²) < 4.78 is 5.45. The topological polar surface area (TPSA) is 41.5 Å². The van der Waals surface area contributed by atoms with Crippen molar-refractivity contribution < 1.29 is 9.84 Å². The van der Waals surface area contributed by atoms with Crippen molar-refractivity contribution in [2.24, 2.45) is 10.8 Å². The predicted octanol–water partition coefficient (Wildman–Crippen LogP) is 2.19. The maximum absolute atomic E-state index is 9.54. The monoisotopic (exact) mass is 243 g/mol. The largest absolute Gasteiger partial charge is 0.396 e. The Kier molecular flexibility index (Phi) is 4.99. The Morgan fingerprint density at radius 1 is 1.35 bits per heavy atom. The Balaban J connectivity index is 2.47. The lowest BCUT2D eigenvalue weighted by atomic mass is 9.64.